The van der Waals surface area contributed by atoms with E-state index in [2.05, 4.69) is 88.5 Å². The molecule has 5 rings (SSSR count). The van der Waals surface area contributed by atoms with Gasteiger partial charge in [-0.25, -0.2) is 0 Å². The summed E-state index contributed by atoms with van der Waals surface area (Å²) in [5.41, 5.74) is 7.65. The monoisotopic (exact) mass is 480 g/mol. The van der Waals surface area contributed by atoms with Crippen molar-refractivity contribution < 1.29 is 9.53 Å². The summed E-state index contributed by atoms with van der Waals surface area (Å²) < 4.78 is 7.45. The third kappa shape index (κ3) is 5.88. The summed E-state index contributed by atoms with van der Waals surface area (Å²) in [7, 11) is 0. The summed E-state index contributed by atoms with van der Waals surface area (Å²) in [6.45, 7) is 5.76. The van der Waals surface area contributed by atoms with Gasteiger partial charge < -0.3 is 9.30 Å². The Balaban J connectivity index is 1.42. The molecule has 1 aliphatic rings. The van der Waals surface area contributed by atoms with Gasteiger partial charge in [-0.2, -0.15) is 0 Å². The normalized spacial score (nSPS) is 13.9. The van der Waals surface area contributed by atoms with E-state index < -0.39 is 0 Å². The third-order valence-electron chi connectivity index (χ3n) is 7.22. The molecular formula is C32H36N2O2. The van der Waals surface area contributed by atoms with Gasteiger partial charge in [0.1, 0.15) is 0 Å². The fourth-order valence-corrected chi connectivity index (χ4v) is 5.28. The van der Waals surface area contributed by atoms with Crippen LogP contribution < -0.4 is 0 Å². The van der Waals surface area contributed by atoms with Crippen LogP contribution in [0.4, 0.5) is 0 Å². The molecule has 0 atom stereocenters. The molecule has 1 aliphatic heterocycles. The number of aromatic nitrogens is 1. The van der Waals surface area contributed by atoms with Crippen LogP contribution in [0.25, 0.3) is 16.6 Å². The number of ether oxygens (including phenoxy) is 1. The van der Waals surface area contributed by atoms with Gasteiger partial charge in [0, 0.05) is 30.2 Å². The van der Waals surface area contributed by atoms with Crippen molar-refractivity contribution in [2.24, 2.45) is 0 Å². The van der Waals surface area contributed by atoms with Crippen molar-refractivity contribution >= 4 is 16.9 Å². The highest BCUT2D eigenvalue weighted by Crippen LogP contribution is 2.28. The van der Waals surface area contributed by atoms with E-state index in [0.29, 0.717) is 19.4 Å². The Hall–Kier alpha value is -3.37. The third-order valence-corrected chi connectivity index (χ3v) is 7.22. The maximum Gasteiger partial charge on any atom is 0.306 e. The number of nitrogens with zero attached hydrogens (tertiary/aromatic N) is 2. The molecule has 4 heteroatoms. The fourth-order valence-electron chi connectivity index (χ4n) is 5.28. The Morgan fingerprint density at radius 2 is 1.58 bits per heavy atom. The van der Waals surface area contributed by atoms with Crippen LogP contribution in [0.3, 0.4) is 0 Å². The van der Waals surface area contributed by atoms with E-state index in [9.17, 15) is 4.79 Å². The zero-order chi connectivity index (χ0) is 24.7. The van der Waals surface area contributed by atoms with Crippen molar-refractivity contribution in [2.45, 2.75) is 52.0 Å². The Labute approximate surface area is 214 Å². The minimum atomic E-state index is -0.131. The second kappa shape index (κ2) is 11.6. The van der Waals surface area contributed by atoms with Crippen molar-refractivity contribution in [1.29, 1.82) is 0 Å². The largest absolute Gasteiger partial charge is 0.466 e. The summed E-state index contributed by atoms with van der Waals surface area (Å²) in [6, 6.07) is 26.4. The minimum absolute atomic E-state index is 0.131. The molecule has 1 fully saturated rings. The molecule has 2 heterocycles. The van der Waals surface area contributed by atoms with Crippen LogP contribution in [0.1, 0.15) is 48.4 Å². The van der Waals surface area contributed by atoms with E-state index >= 15 is 0 Å². The van der Waals surface area contributed by atoms with Crippen molar-refractivity contribution in [1.82, 2.24) is 9.47 Å². The van der Waals surface area contributed by atoms with Crippen LogP contribution >= 0.6 is 0 Å². The van der Waals surface area contributed by atoms with Gasteiger partial charge in [-0.15, -0.1) is 0 Å². The smallest absolute Gasteiger partial charge is 0.306 e. The van der Waals surface area contributed by atoms with Crippen molar-refractivity contribution in [3.05, 3.63) is 101 Å². The molecular weight excluding hydrogens is 444 g/mol. The zero-order valence-corrected chi connectivity index (χ0v) is 21.3. The lowest BCUT2D eigenvalue weighted by molar-refractivity contribution is -0.143. The molecule has 0 aliphatic carbocycles. The predicted molar refractivity (Wildman–Crippen MR) is 147 cm³/mol. The first-order valence-corrected chi connectivity index (χ1v) is 13.3. The van der Waals surface area contributed by atoms with Crippen LogP contribution in [0.2, 0.25) is 0 Å². The second-order valence-corrected chi connectivity index (χ2v) is 9.82. The van der Waals surface area contributed by atoms with Crippen molar-refractivity contribution in [2.75, 3.05) is 19.7 Å². The summed E-state index contributed by atoms with van der Waals surface area (Å²) >= 11 is 0. The first-order chi connectivity index (χ1) is 17.7. The quantitative estimate of drug-likeness (QED) is 0.243. The molecule has 36 heavy (non-hydrogen) atoms. The maximum absolute atomic E-state index is 11.9. The number of fused-ring (bicyclic) bond motifs is 1. The van der Waals surface area contributed by atoms with E-state index in [4.69, 9.17) is 4.74 Å². The SMILES string of the molecule is CCOC(=O)CCc1ccc2c(c1)c(CCc1ccccc1)cn2-c1ccc(CN2CCCC2)cc1. The van der Waals surface area contributed by atoms with E-state index in [1.54, 1.807) is 0 Å². The number of carbonyl (C=O) groups excluding carboxylic acids is 1. The molecule has 0 N–H and O–H groups in total. The van der Waals surface area contributed by atoms with Gasteiger partial charge in [-0.1, -0.05) is 48.5 Å². The van der Waals surface area contributed by atoms with Crippen LogP contribution in [0, 0.1) is 0 Å². The second-order valence-electron chi connectivity index (χ2n) is 9.82. The van der Waals surface area contributed by atoms with E-state index in [-0.39, 0.29) is 5.97 Å². The minimum Gasteiger partial charge on any atom is -0.466 e. The molecule has 0 bridgehead atoms. The zero-order valence-electron chi connectivity index (χ0n) is 21.3. The van der Waals surface area contributed by atoms with Gasteiger partial charge in [0.15, 0.2) is 0 Å². The number of rotatable bonds is 10. The average Bonchev–Trinajstić information content (AvgIpc) is 3.55. The molecule has 0 saturated carbocycles. The Bertz CT molecular complexity index is 1290. The molecule has 0 radical (unpaired) electrons. The van der Waals surface area contributed by atoms with E-state index in [1.165, 1.54) is 64.8 Å². The highest BCUT2D eigenvalue weighted by Gasteiger charge is 2.14. The summed E-state index contributed by atoms with van der Waals surface area (Å²) in [4.78, 5) is 14.4. The molecule has 0 amide bonds. The molecule has 3 aromatic carbocycles. The van der Waals surface area contributed by atoms with Gasteiger partial charge in [-0.05, 0) is 98.6 Å². The van der Waals surface area contributed by atoms with Gasteiger partial charge in [-0.3, -0.25) is 9.69 Å². The molecule has 4 nitrogen and oxygen atoms in total. The molecule has 1 aromatic heterocycles. The predicted octanol–water partition coefficient (Wildman–Crippen LogP) is 6.51. The number of likely N-dealkylation sites (tertiary alicyclic amines) is 1. The maximum atomic E-state index is 11.9. The number of aryl methyl sites for hydroxylation is 3. The number of hydrogen-bond donors (Lipinski definition) is 0. The van der Waals surface area contributed by atoms with Crippen LogP contribution in [-0.2, 0) is 35.3 Å². The average molecular weight is 481 g/mol. The Morgan fingerprint density at radius 3 is 2.33 bits per heavy atom. The van der Waals surface area contributed by atoms with Gasteiger partial charge in [0.2, 0.25) is 0 Å². The molecule has 1 saturated heterocycles. The lowest BCUT2D eigenvalue weighted by atomic mass is 10.0. The summed E-state index contributed by atoms with van der Waals surface area (Å²) in [6.07, 6.45) is 8.03. The summed E-state index contributed by atoms with van der Waals surface area (Å²) in [5.74, 6) is -0.131. The van der Waals surface area contributed by atoms with Crippen molar-refractivity contribution in [3.63, 3.8) is 0 Å². The van der Waals surface area contributed by atoms with Gasteiger partial charge >= 0.3 is 5.97 Å². The first kappa shape index (κ1) is 24.3. The van der Waals surface area contributed by atoms with Crippen LogP contribution in [0.15, 0.2) is 79.0 Å². The van der Waals surface area contributed by atoms with Gasteiger partial charge in [0.05, 0.1) is 12.1 Å². The lowest BCUT2D eigenvalue weighted by Crippen LogP contribution is -2.18. The molecule has 0 unspecified atom stereocenters. The Morgan fingerprint density at radius 1 is 0.833 bits per heavy atom. The highest BCUT2D eigenvalue weighted by molar-refractivity contribution is 5.86. The molecule has 4 aromatic rings. The van der Waals surface area contributed by atoms with Crippen LogP contribution in [-0.4, -0.2) is 35.1 Å². The van der Waals surface area contributed by atoms with E-state index in [0.717, 1.165) is 19.4 Å². The lowest BCUT2D eigenvalue weighted by Gasteiger charge is -2.15. The number of hydrogen-bond acceptors (Lipinski definition) is 3. The van der Waals surface area contributed by atoms with Crippen LogP contribution in [0.5, 0.6) is 0 Å². The molecule has 186 valence electrons. The van der Waals surface area contributed by atoms with Crippen molar-refractivity contribution in [3.8, 4) is 5.69 Å². The molecule has 0 spiro atoms. The number of benzene rings is 3. The van der Waals surface area contributed by atoms with E-state index in [1.807, 2.05) is 6.92 Å². The number of carbonyl (C=O) groups is 1. The van der Waals surface area contributed by atoms with Gasteiger partial charge in [0.25, 0.3) is 0 Å². The summed E-state index contributed by atoms with van der Waals surface area (Å²) in [5, 5.41) is 1.27. The number of esters is 1. The fraction of sp³-hybridized carbons (Fsp3) is 0.344. The first-order valence-electron chi connectivity index (χ1n) is 13.3. The standard InChI is InChI=1S/C32H36N2O2/c1-2-36-32(35)19-14-26-13-18-31-30(22-26)28(15-10-25-8-4-3-5-9-25)24-34(31)29-16-11-27(12-17-29)23-33-20-6-7-21-33/h3-5,8-9,11-13,16-18,22,24H,2,6-7,10,14-15,19-21,23H2,1H3. The Kier molecular flexibility index (Phi) is 7.82. The topological polar surface area (TPSA) is 34.5 Å². The highest BCUT2D eigenvalue weighted by atomic mass is 16.5.